The van der Waals surface area contributed by atoms with Crippen molar-refractivity contribution in [2.24, 2.45) is 0 Å². The van der Waals surface area contributed by atoms with Crippen molar-refractivity contribution in [1.82, 2.24) is 0 Å². The van der Waals surface area contributed by atoms with Gasteiger partial charge < -0.3 is 28.3 Å². The minimum atomic E-state index is -5.11. The fourth-order valence-corrected chi connectivity index (χ4v) is 6.77. The molecule has 8 nitrogen and oxygen atoms in total. The van der Waals surface area contributed by atoms with Crippen LogP contribution in [0.5, 0.6) is 0 Å². The van der Waals surface area contributed by atoms with E-state index in [9.17, 15) is 23.9 Å². The van der Waals surface area contributed by atoms with E-state index in [0.717, 1.165) is 50.7 Å². The Bertz CT molecular complexity index is 702. The maximum atomic E-state index is 12.3. The summed E-state index contributed by atoms with van der Waals surface area (Å²) in [4.78, 5) is 44.3. The van der Waals surface area contributed by atoms with E-state index in [4.69, 9.17) is 9.47 Å². The van der Waals surface area contributed by atoms with Crippen LogP contribution in [0.4, 0.5) is 0 Å². The van der Waals surface area contributed by atoms with Crippen LogP contribution in [0, 0.1) is 0 Å². The first-order valence-electron chi connectivity index (χ1n) is 18.4. The maximum absolute atomic E-state index is 12.3. The van der Waals surface area contributed by atoms with Crippen molar-refractivity contribution in [3.8, 4) is 0 Å². The molecule has 0 amide bonds. The number of esters is 1. The average Bonchev–Trinajstić information content (AvgIpc) is 3.01. The summed E-state index contributed by atoms with van der Waals surface area (Å²) < 4.78 is 25.6. The van der Waals surface area contributed by atoms with E-state index in [2.05, 4.69) is 11.4 Å². The number of carbonyl (C=O) groups is 2. The number of phosphoric acid groups is 1. The summed E-state index contributed by atoms with van der Waals surface area (Å²) in [5.41, 5.74) is 0. The zero-order valence-corrected chi connectivity index (χ0v) is 36.4. The number of ether oxygens (including phenoxy) is 2. The van der Waals surface area contributed by atoms with Crippen LogP contribution in [0.2, 0.25) is 0 Å². The molecule has 47 heavy (non-hydrogen) atoms. The molecule has 0 spiro atoms. The molecule has 0 bridgehead atoms. The molecule has 0 aliphatic rings. The van der Waals surface area contributed by atoms with Gasteiger partial charge in [-0.15, -0.1) is 0 Å². The van der Waals surface area contributed by atoms with Crippen LogP contribution in [-0.4, -0.2) is 43.3 Å². The van der Waals surface area contributed by atoms with Crippen LogP contribution in [-0.2, 0) is 28.2 Å². The Morgan fingerprint density at radius 1 is 0.660 bits per heavy atom. The molecular weight excluding hydrogens is 657 g/mol. The second-order valence-electron chi connectivity index (χ2n) is 12.5. The Labute approximate surface area is 337 Å². The third-order valence-corrected chi connectivity index (χ3v) is 9.77. The van der Waals surface area contributed by atoms with Gasteiger partial charge in [-0.25, -0.2) is 0 Å². The zero-order chi connectivity index (χ0) is 33.1. The Hall–Kier alpha value is 1.40. The molecule has 0 saturated heterocycles. The van der Waals surface area contributed by atoms with Crippen molar-refractivity contribution in [3.05, 3.63) is 0 Å². The predicted molar refractivity (Wildman–Crippen MR) is 183 cm³/mol. The van der Waals surface area contributed by atoms with Gasteiger partial charge in [0.05, 0.1) is 21.0 Å². The number of hydrogen-bond acceptors (Lipinski definition) is 9. The van der Waals surface area contributed by atoms with Gasteiger partial charge in [0, 0.05) is 12.2 Å². The summed E-state index contributed by atoms with van der Waals surface area (Å²) in [6, 6.07) is 0. The monoisotopic (exact) mass is 724 g/mol. The topological polar surface area (TPSA) is 125 Å². The van der Waals surface area contributed by atoms with Gasteiger partial charge in [0.1, 0.15) is 6.10 Å². The van der Waals surface area contributed by atoms with Crippen molar-refractivity contribution in [3.63, 3.8) is 0 Å². The first kappa shape index (κ1) is 52.8. The molecule has 1 atom stereocenters. The molecule has 12 heteroatoms. The predicted octanol–water partition coefficient (Wildman–Crippen LogP) is 3.21. The Balaban J connectivity index is -0.00000968. The summed E-state index contributed by atoms with van der Waals surface area (Å²) in [6.07, 6.45) is 31.3. The molecule has 0 saturated carbocycles. The summed E-state index contributed by atoms with van der Waals surface area (Å²) in [5, 5.41) is 0. The second kappa shape index (κ2) is 41.8. The van der Waals surface area contributed by atoms with Crippen LogP contribution >= 0.6 is 19.6 Å². The molecule has 268 valence electrons. The number of thioether (sulfide) groups is 1. The summed E-state index contributed by atoms with van der Waals surface area (Å²) in [5.74, 6) is 0.984. The van der Waals surface area contributed by atoms with Crippen molar-refractivity contribution in [1.29, 1.82) is 0 Å². The minimum Gasteiger partial charge on any atom is -0.790 e. The van der Waals surface area contributed by atoms with E-state index in [1.165, 1.54) is 122 Å². The Kier molecular flexibility index (Phi) is 46.9. The van der Waals surface area contributed by atoms with Crippen LogP contribution in [0.25, 0.3) is 0 Å². The standard InChI is InChI=1S/C35H69O8PS.2Na/c1-2-3-4-5-6-7-8-10-13-16-19-22-25-28-35(37)43-34(31-42-44(38,39)40)32-45-30-27-24-21-18-15-12-9-11-14-17-20-23-26-29-41-33-36;;/h33-34H,2-32H2,1H3,(H2,38,39,40);;/q;2*+1/p-2/t34-;;/m1../s1. The van der Waals surface area contributed by atoms with E-state index >= 15 is 0 Å². The van der Waals surface area contributed by atoms with E-state index < -0.39 is 20.5 Å². The van der Waals surface area contributed by atoms with Crippen LogP contribution in [0.15, 0.2) is 0 Å². The van der Waals surface area contributed by atoms with Crippen molar-refractivity contribution < 1.29 is 97.1 Å². The molecule has 0 aromatic heterocycles. The van der Waals surface area contributed by atoms with Gasteiger partial charge in [0.15, 0.2) is 0 Å². The fourth-order valence-electron chi connectivity index (χ4n) is 5.42. The first-order valence-corrected chi connectivity index (χ1v) is 21.0. The normalized spacial score (nSPS) is 11.8. The number of rotatable bonds is 37. The van der Waals surface area contributed by atoms with E-state index in [-0.39, 0.29) is 65.1 Å². The second-order valence-corrected chi connectivity index (χ2v) is 14.8. The smallest absolute Gasteiger partial charge is 0.790 e. The number of hydrogen-bond donors (Lipinski definition) is 0. The van der Waals surface area contributed by atoms with Crippen LogP contribution in [0.3, 0.4) is 0 Å². The summed E-state index contributed by atoms with van der Waals surface area (Å²) in [6.45, 7) is 2.90. The van der Waals surface area contributed by atoms with Gasteiger partial charge in [-0.2, -0.15) is 11.8 Å². The maximum Gasteiger partial charge on any atom is 1.00 e. The van der Waals surface area contributed by atoms with Gasteiger partial charge in [0.25, 0.3) is 6.47 Å². The fraction of sp³-hybridized carbons (Fsp3) is 0.943. The number of phosphoric ester groups is 1. The molecule has 0 aromatic carbocycles. The van der Waals surface area contributed by atoms with Gasteiger partial charge in [0.2, 0.25) is 0 Å². The van der Waals surface area contributed by atoms with Crippen molar-refractivity contribution >= 4 is 32.0 Å². The molecule has 0 aromatic rings. The van der Waals surface area contributed by atoms with E-state index in [0.29, 0.717) is 25.3 Å². The number of carbonyl (C=O) groups excluding carboxylic acids is 2. The Morgan fingerprint density at radius 3 is 1.49 bits per heavy atom. The third-order valence-electron chi connectivity index (χ3n) is 8.12. The first-order chi connectivity index (χ1) is 21.9. The molecule has 0 rings (SSSR count). The Morgan fingerprint density at radius 2 is 1.06 bits per heavy atom. The molecule has 0 aliphatic heterocycles. The quantitative estimate of drug-likeness (QED) is 0.0313. The molecule has 0 aliphatic carbocycles. The van der Waals surface area contributed by atoms with E-state index in [1.807, 2.05) is 0 Å². The molecule has 0 radical (unpaired) electrons. The third kappa shape index (κ3) is 45.4. The molecule has 0 fully saturated rings. The molecule has 0 N–H and O–H groups in total. The summed E-state index contributed by atoms with van der Waals surface area (Å²) >= 11 is 1.61. The van der Waals surface area contributed by atoms with Gasteiger partial charge in [-0.3, -0.25) is 9.59 Å². The zero-order valence-electron chi connectivity index (χ0n) is 30.7. The summed E-state index contributed by atoms with van der Waals surface area (Å²) in [7, 11) is -5.11. The number of unbranched alkanes of at least 4 members (excludes halogenated alkanes) is 24. The largest absolute Gasteiger partial charge is 1.00 e. The van der Waals surface area contributed by atoms with Crippen molar-refractivity contribution in [2.75, 3.05) is 24.7 Å². The molecular formula is C35H67Na2O8PS. The SMILES string of the molecule is CCCCCCCCCCCCCCCC(=O)O[C@H](COP(=O)([O-])[O-])CSCCCCCCCCCCCCCCCOC=O.[Na+].[Na+]. The average molecular weight is 725 g/mol. The molecule has 0 unspecified atom stereocenters. The van der Waals surface area contributed by atoms with Crippen LogP contribution < -0.4 is 68.9 Å². The van der Waals surface area contributed by atoms with Gasteiger partial charge in [-0.05, 0) is 25.0 Å². The van der Waals surface area contributed by atoms with Crippen LogP contribution in [0.1, 0.15) is 180 Å². The van der Waals surface area contributed by atoms with Crippen molar-refractivity contribution in [2.45, 2.75) is 186 Å². The van der Waals surface area contributed by atoms with Gasteiger partial charge in [-0.1, -0.05) is 155 Å². The minimum absolute atomic E-state index is 0. The molecule has 0 heterocycles. The van der Waals surface area contributed by atoms with Gasteiger partial charge >= 0.3 is 65.1 Å². The van der Waals surface area contributed by atoms with E-state index in [1.54, 1.807) is 11.8 Å².